The van der Waals surface area contributed by atoms with Crippen molar-refractivity contribution < 1.29 is 29.4 Å². The third-order valence-electron chi connectivity index (χ3n) is 11.7. The van der Waals surface area contributed by atoms with Gasteiger partial charge in [-0.2, -0.15) is 0 Å². The highest BCUT2D eigenvalue weighted by molar-refractivity contribution is 6.01. The van der Waals surface area contributed by atoms with Gasteiger partial charge in [0.2, 0.25) is 0 Å². The van der Waals surface area contributed by atoms with Crippen molar-refractivity contribution in [2.45, 2.75) is 99.3 Å². The van der Waals surface area contributed by atoms with Crippen molar-refractivity contribution in [2.24, 2.45) is 45.3 Å². The van der Waals surface area contributed by atoms with Gasteiger partial charge >= 0.3 is 5.97 Å². The van der Waals surface area contributed by atoms with E-state index >= 15 is 0 Å². The second-order valence-corrected chi connectivity index (χ2v) is 13.5. The van der Waals surface area contributed by atoms with Gasteiger partial charge in [-0.3, -0.25) is 19.2 Å². The van der Waals surface area contributed by atoms with E-state index in [0.717, 1.165) is 37.7 Å². The molecule has 4 aliphatic carbocycles. The van der Waals surface area contributed by atoms with Crippen LogP contribution in [-0.4, -0.2) is 40.1 Å². The molecule has 0 heterocycles. The van der Waals surface area contributed by atoms with Crippen LogP contribution in [0.5, 0.6) is 0 Å². The Hall–Kier alpha value is -1.82. The summed E-state index contributed by atoms with van der Waals surface area (Å²) < 4.78 is 0. The number of allylic oxidation sites excluding steroid dienone is 2. The largest absolute Gasteiger partial charge is 0.481 e. The normalized spacial score (nSPS) is 41.9. The van der Waals surface area contributed by atoms with E-state index in [1.54, 1.807) is 6.92 Å². The van der Waals surface area contributed by atoms with Crippen molar-refractivity contribution in [1.29, 1.82) is 0 Å². The van der Waals surface area contributed by atoms with Crippen LogP contribution in [-0.2, 0) is 19.2 Å². The fourth-order valence-electron chi connectivity index (χ4n) is 9.17. The lowest BCUT2D eigenvalue weighted by Gasteiger charge is -2.60. The van der Waals surface area contributed by atoms with Crippen molar-refractivity contribution in [2.75, 3.05) is 6.61 Å². The number of carboxylic acid groups (broad SMARTS) is 1. The van der Waals surface area contributed by atoms with E-state index in [-0.39, 0.29) is 64.4 Å². The Balaban J connectivity index is 1.66. The summed E-state index contributed by atoms with van der Waals surface area (Å²) in [6.45, 7) is 12.1. The van der Waals surface area contributed by atoms with Gasteiger partial charge in [0.05, 0.1) is 17.9 Å². The zero-order chi connectivity index (χ0) is 26.8. The summed E-state index contributed by atoms with van der Waals surface area (Å²) in [5, 5.41) is 19.4. The van der Waals surface area contributed by atoms with E-state index in [1.807, 2.05) is 6.92 Å². The molecule has 2 fully saturated rings. The van der Waals surface area contributed by atoms with Gasteiger partial charge in [0.25, 0.3) is 0 Å². The molecule has 2 saturated carbocycles. The maximum atomic E-state index is 13.9. The molecule has 6 nitrogen and oxygen atoms in total. The summed E-state index contributed by atoms with van der Waals surface area (Å²) in [6, 6.07) is 0. The number of aliphatic hydroxyl groups is 1. The molecule has 0 aromatic carbocycles. The molecule has 8 atom stereocenters. The predicted molar refractivity (Wildman–Crippen MR) is 136 cm³/mol. The number of carbonyl (C=O) groups is 4. The molecule has 0 aromatic rings. The Morgan fingerprint density at radius 3 is 2.28 bits per heavy atom. The molecule has 6 heteroatoms. The molecular formula is C30H44O6. The van der Waals surface area contributed by atoms with E-state index in [4.69, 9.17) is 0 Å². The average Bonchev–Trinajstić information content (AvgIpc) is 3.09. The Morgan fingerprint density at radius 1 is 1.00 bits per heavy atom. The first-order chi connectivity index (χ1) is 16.7. The number of carboxylic acids is 1. The van der Waals surface area contributed by atoms with Crippen molar-refractivity contribution in [3.63, 3.8) is 0 Å². The molecule has 36 heavy (non-hydrogen) atoms. The van der Waals surface area contributed by atoms with Crippen LogP contribution in [0.1, 0.15) is 99.3 Å². The number of hydrogen-bond acceptors (Lipinski definition) is 5. The third-order valence-corrected chi connectivity index (χ3v) is 11.7. The summed E-state index contributed by atoms with van der Waals surface area (Å²) in [4.78, 5) is 50.7. The number of fused-ring (bicyclic) bond motifs is 4. The molecule has 0 bridgehead atoms. The minimum absolute atomic E-state index is 0.00424. The lowest BCUT2D eigenvalue weighted by atomic mass is 9.43. The second-order valence-electron chi connectivity index (χ2n) is 13.5. The van der Waals surface area contributed by atoms with E-state index in [1.165, 1.54) is 5.57 Å². The maximum Gasteiger partial charge on any atom is 0.306 e. The highest BCUT2D eigenvalue weighted by Gasteiger charge is 2.65. The summed E-state index contributed by atoms with van der Waals surface area (Å²) in [5.41, 5.74) is 0.696. The van der Waals surface area contributed by atoms with Gasteiger partial charge < -0.3 is 10.2 Å². The van der Waals surface area contributed by atoms with Gasteiger partial charge in [0, 0.05) is 36.7 Å². The highest BCUT2D eigenvalue weighted by Crippen LogP contribution is 2.71. The van der Waals surface area contributed by atoms with Crippen LogP contribution in [0.15, 0.2) is 11.1 Å². The van der Waals surface area contributed by atoms with Crippen LogP contribution >= 0.6 is 0 Å². The molecule has 0 radical (unpaired) electrons. The fraction of sp³-hybridized carbons (Fsp3) is 0.800. The molecule has 4 rings (SSSR count). The molecule has 8 unspecified atom stereocenters. The number of rotatable bonds is 7. The summed E-state index contributed by atoms with van der Waals surface area (Å²) in [7, 11) is 0. The zero-order valence-electron chi connectivity index (χ0n) is 22.9. The number of carbonyl (C=O) groups excluding carboxylic acids is 3. The Bertz CT molecular complexity index is 1030. The molecule has 2 N–H and O–H groups in total. The standard InChI is InChI=1S/C30H44O6/c1-17(13-19(32)14-18(2)26(35)36)20-7-12-30(6)25-21(8-11-29(20,30)5)27(3)10-9-24(34)28(4,16-31)23(27)15-22(25)33/h17-18,20,23,31H,7-16H2,1-6H3,(H,35,36). The van der Waals surface area contributed by atoms with E-state index < -0.39 is 17.3 Å². The molecule has 0 spiro atoms. The van der Waals surface area contributed by atoms with E-state index in [2.05, 4.69) is 27.7 Å². The molecule has 200 valence electrons. The summed E-state index contributed by atoms with van der Waals surface area (Å²) in [6.07, 6.45) is 5.56. The topological polar surface area (TPSA) is 109 Å². The molecular weight excluding hydrogens is 456 g/mol. The fourth-order valence-corrected chi connectivity index (χ4v) is 9.17. The number of aliphatic carboxylic acids is 1. The monoisotopic (exact) mass is 500 g/mol. The number of hydrogen-bond donors (Lipinski definition) is 2. The van der Waals surface area contributed by atoms with E-state index in [9.17, 15) is 29.4 Å². The number of Topliss-reactive ketones (excluding diaryl/α,β-unsaturated/α-hetero) is 3. The van der Waals surface area contributed by atoms with Crippen LogP contribution in [0.3, 0.4) is 0 Å². The lowest BCUT2D eigenvalue weighted by Crippen LogP contribution is -2.57. The van der Waals surface area contributed by atoms with Crippen molar-refractivity contribution in [1.82, 2.24) is 0 Å². The van der Waals surface area contributed by atoms with Crippen molar-refractivity contribution in [3.05, 3.63) is 11.1 Å². The number of ketones is 3. The highest BCUT2D eigenvalue weighted by atomic mass is 16.4. The summed E-state index contributed by atoms with van der Waals surface area (Å²) >= 11 is 0. The smallest absolute Gasteiger partial charge is 0.306 e. The Labute approximate surface area is 215 Å². The van der Waals surface area contributed by atoms with Gasteiger partial charge in [0.1, 0.15) is 11.6 Å². The SMILES string of the molecule is CC(CC(=O)CC(C)C1CCC2(C)C3=C(CCC12C)C1(C)CCC(=O)C(C)(CO)C1CC3=O)C(=O)O. The van der Waals surface area contributed by atoms with Gasteiger partial charge in [-0.1, -0.05) is 47.1 Å². The van der Waals surface area contributed by atoms with Crippen LogP contribution in [0, 0.1) is 45.3 Å². The maximum absolute atomic E-state index is 13.9. The molecule has 0 aromatic heterocycles. The van der Waals surface area contributed by atoms with Crippen LogP contribution in [0.4, 0.5) is 0 Å². The minimum Gasteiger partial charge on any atom is -0.481 e. The van der Waals surface area contributed by atoms with Gasteiger partial charge in [-0.15, -0.1) is 0 Å². The lowest BCUT2D eigenvalue weighted by molar-refractivity contribution is -0.148. The minimum atomic E-state index is -0.938. The van der Waals surface area contributed by atoms with Crippen LogP contribution < -0.4 is 0 Å². The quantitative estimate of drug-likeness (QED) is 0.500. The zero-order valence-corrected chi connectivity index (χ0v) is 22.9. The first-order valence-corrected chi connectivity index (χ1v) is 13.8. The predicted octanol–water partition coefficient (Wildman–Crippen LogP) is 5.16. The average molecular weight is 501 g/mol. The summed E-state index contributed by atoms with van der Waals surface area (Å²) in [5.74, 6) is -1.13. The van der Waals surface area contributed by atoms with E-state index in [0.29, 0.717) is 19.3 Å². The van der Waals surface area contributed by atoms with Gasteiger partial charge in [0.15, 0.2) is 5.78 Å². The Morgan fingerprint density at radius 2 is 1.67 bits per heavy atom. The first-order valence-electron chi connectivity index (χ1n) is 13.8. The Kier molecular flexibility index (Phi) is 6.72. The molecule has 0 amide bonds. The van der Waals surface area contributed by atoms with Gasteiger partial charge in [-0.25, -0.2) is 0 Å². The second kappa shape index (κ2) is 8.89. The third kappa shape index (κ3) is 3.68. The molecule has 4 aliphatic rings. The molecule has 0 aliphatic heterocycles. The van der Waals surface area contributed by atoms with Crippen molar-refractivity contribution in [3.8, 4) is 0 Å². The molecule has 0 saturated heterocycles. The van der Waals surface area contributed by atoms with Gasteiger partial charge in [-0.05, 0) is 60.7 Å². The number of aliphatic hydroxyl groups excluding tert-OH is 1. The first kappa shape index (κ1) is 27.2. The van der Waals surface area contributed by atoms with Crippen LogP contribution in [0.2, 0.25) is 0 Å². The van der Waals surface area contributed by atoms with Crippen molar-refractivity contribution >= 4 is 23.3 Å². The van der Waals surface area contributed by atoms with Crippen LogP contribution in [0.25, 0.3) is 0 Å².